The second-order valence-electron chi connectivity index (χ2n) is 7.11. The van der Waals surface area contributed by atoms with Gasteiger partial charge in [-0.05, 0) is 44.0 Å². The number of nitrogens with zero attached hydrogens (tertiary/aromatic N) is 3. The van der Waals surface area contributed by atoms with E-state index in [1.165, 1.54) is 4.31 Å². The zero-order valence-electron chi connectivity index (χ0n) is 16.4. The summed E-state index contributed by atoms with van der Waals surface area (Å²) in [5, 5.41) is 10.5. The average Bonchev–Trinajstić information content (AvgIpc) is 3.40. The van der Waals surface area contributed by atoms with Crippen LogP contribution >= 0.6 is 11.3 Å². The van der Waals surface area contributed by atoms with Gasteiger partial charge in [0.15, 0.2) is 0 Å². The molecule has 0 aliphatic carbocycles. The predicted molar refractivity (Wildman–Crippen MR) is 111 cm³/mol. The van der Waals surface area contributed by atoms with Crippen LogP contribution in [0.15, 0.2) is 47.4 Å². The van der Waals surface area contributed by atoms with Gasteiger partial charge in [0.05, 0.1) is 16.6 Å². The third-order valence-electron chi connectivity index (χ3n) is 4.93. The number of aromatic nitrogens is 2. The van der Waals surface area contributed by atoms with Crippen molar-refractivity contribution in [3.05, 3.63) is 69.7 Å². The van der Waals surface area contributed by atoms with Crippen LogP contribution in [0.2, 0.25) is 0 Å². The van der Waals surface area contributed by atoms with Gasteiger partial charge in [-0.15, -0.1) is 10.2 Å². The molecule has 0 spiro atoms. The summed E-state index contributed by atoms with van der Waals surface area (Å²) in [7, 11) is -3.74. The summed E-state index contributed by atoms with van der Waals surface area (Å²) in [4.78, 5) is 12.6. The van der Waals surface area contributed by atoms with E-state index in [0.717, 1.165) is 29.0 Å². The Morgan fingerprint density at radius 1 is 1.16 bits per heavy atom. The molecule has 0 saturated carbocycles. The van der Waals surface area contributed by atoms with Crippen LogP contribution in [0.3, 0.4) is 0 Å². The van der Waals surface area contributed by atoms with Crippen molar-refractivity contribution in [2.24, 2.45) is 0 Å². The number of carbonyl (C=O) groups excluding carboxylic acids is 1. The van der Waals surface area contributed by atoms with Gasteiger partial charge >= 0.3 is 0 Å². The molecule has 4 rings (SSSR count). The third kappa shape index (κ3) is 4.34. The molecule has 1 saturated heterocycles. The van der Waals surface area contributed by atoms with Gasteiger partial charge in [-0.1, -0.05) is 29.0 Å². The van der Waals surface area contributed by atoms with E-state index in [4.69, 9.17) is 0 Å². The van der Waals surface area contributed by atoms with Crippen LogP contribution in [0, 0.1) is 18.6 Å². The molecule has 1 fully saturated rings. The maximum atomic E-state index is 13.8. The summed E-state index contributed by atoms with van der Waals surface area (Å²) in [6.45, 7) is 2.21. The van der Waals surface area contributed by atoms with Crippen molar-refractivity contribution in [3.63, 3.8) is 0 Å². The lowest BCUT2D eigenvalue weighted by Gasteiger charge is -2.22. The number of halogens is 2. The predicted octanol–water partition coefficient (Wildman–Crippen LogP) is 3.90. The fourth-order valence-corrected chi connectivity index (χ4v) is 5.96. The van der Waals surface area contributed by atoms with Gasteiger partial charge in [-0.25, -0.2) is 17.2 Å². The van der Waals surface area contributed by atoms with E-state index in [9.17, 15) is 22.0 Å². The Morgan fingerprint density at radius 2 is 1.90 bits per heavy atom. The lowest BCUT2D eigenvalue weighted by molar-refractivity contribution is 0.102. The molecular weight excluding hydrogens is 446 g/mol. The Morgan fingerprint density at radius 3 is 2.61 bits per heavy atom. The number of sulfonamides is 1. The first kappa shape index (κ1) is 21.5. The maximum absolute atomic E-state index is 13.8. The number of nitrogens with one attached hydrogen (secondary N) is 1. The Kier molecular flexibility index (Phi) is 5.82. The molecule has 1 aliphatic heterocycles. The molecule has 2 aromatic carbocycles. The van der Waals surface area contributed by atoms with Gasteiger partial charge < -0.3 is 5.32 Å². The molecule has 2 heterocycles. The van der Waals surface area contributed by atoms with E-state index in [1.54, 1.807) is 24.3 Å². The fraction of sp³-hybridized carbons (Fsp3) is 0.250. The summed E-state index contributed by atoms with van der Waals surface area (Å²) in [5.74, 6) is -2.38. The van der Waals surface area contributed by atoms with Crippen LogP contribution in [-0.4, -0.2) is 35.4 Å². The van der Waals surface area contributed by atoms with Crippen LogP contribution in [0.1, 0.15) is 39.3 Å². The maximum Gasteiger partial charge on any atom is 0.286 e. The standard InChI is InChI=1S/C20H18F2N4O3S2/c1-12-4-7-14(8-5-12)31(28,29)26-10-2-3-17(26)19-24-25-20(30-19)18(27)23-16-9-6-13(21)11-15(16)22/h4-9,11,17H,2-3,10H2,1H3,(H,23,27)/t17-/m0/s1. The molecule has 3 aromatic rings. The number of hydrogen-bond donors (Lipinski definition) is 1. The summed E-state index contributed by atoms with van der Waals surface area (Å²) in [5.41, 5.74) is 0.766. The van der Waals surface area contributed by atoms with Crippen LogP contribution in [0.4, 0.5) is 14.5 Å². The Bertz CT molecular complexity index is 1230. The first-order valence-corrected chi connectivity index (χ1v) is 11.7. The minimum absolute atomic E-state index is 0.0432. The number of amides is 1. The van der Waals surface area contributed by atoms with E-state index in [-0.39, 0.29) is 15.6 Å². The number of carbonyl (C=O) groups is 1. The Balaban J connectivity index is 1.55. The zero-order valence-corrected chi connectivity index (χ0v) is 18.0. The normalized spacial score (nSPS) is 17.1. The Hall–Kier alpha value is -2.76. The van der Waals surface area contributed by atoms with Gasteiger partial charge in [0.1, 0.15) is 16.6 Å². The van der Waals surface area contributed by atoms with E-state index in [0.29, 0.717) is 30.5 Å². The van der Waals surface area contributed by atoms with Crippen LogP contribution < -0.4 is 5.32 Å². The first-order chi connectivity index (χ1) is 14.8. The molecule has 7 nitrogen and oxygen atoms in total. The molecule has 1 aromatic heterocycles. The SMILES string of the molecule is Cc1ccc(S(=O)(=O)N2CCC[C@H]2c2nnc(C(=O)Nc3ccc(F)cc3F)s2)cc1. The topological polar surface area (TPSA) is 92.3 Å². The van der Waals surface area contributed by atoms with Crippen molar-refractivity contribution in [2.45, 2.75) is 30.7 Å². The van der Waals surface area contributed by atoms with Crippen molar-refractivity contribution in [3.8, 4) is 0 Å². The quantitative estimate of drug-likeness (QED) is 0.618. The molecular formula is C20H18F2N4O3S2. The van der Waals surface area contributed by atoms with Crippen molar-refractivity contribution >= 4 is 33.0 Å². The van der Waals surface area contributed by atoms with E-state index >= 15 is 0 Å². The number of benzene rings is 2. The minimum atomic E-state index is -3.74. The largest absolute Gasteiger partial charge is 0.317 e. The van der Waals surface area contributed by atoms with Crippen LogP contribution in [-0.2, 0) is 10.0 Å². The second kappa shape index (κ2) is 8.40. The molecule has 31 heavy (non-hydrogen) atoms. The first-order valence-electron chi connectivity index (χ1n) is 9.44. The smallest absolute Gasteiger partial charge is 0.286 e. The summed E-state index contributed by atoms with van der Waals surface area (Å²) in [6, 6.07) is 8.86. The van der Waals surface area contributed by atoms with Gasteiger partial charge in [0.25, 0.3) is 5.91 Å². The molecule has 0 bridgehead atoms. The second-order valence-corrected chi connectivity index (χ2v) is 10.0. The summed E-state index contributed by atoms with van der Waals surface area (Å²) >= 11 is 0.947. The molecule has 1 N–H and O–H groups in total. The minimum Gasteiger partial charge on any atom is -0.317 e. The molecule has 11 heteroatoms. The van der Waals surface area contributed by atoms with Gasteiger partial charge in [-0.3, -0.25) is 4.79 Å². The molecule has 1 amide bonds. The molecule has 162 valence electrons. The van der Waals surface area contributed by atoms with Crippen molar-refractivity contribution < 1.29 is 22.0 Å². The van der Waals surface area contributed by atoms with E-state index in [2.05, 4.69) is 15.5 Å². The van der Waals surface area contributed by atoms with Crippen molar-refractivity contribution in [2.75, 3.05) is 11.9 Å². The van der Waals surface area contributed by atoms with E-state index < -0.39 is 33.6 Å². The third-order valence-corrected chi connectivity index (χ3v) is 7.88. The number of hydrogen-bond acceptors (Lipinski definition) is 6. The highest BCUT2D eigenvalue weighted by Crippen LogP contribution is 2.37. The van der Waals surface area contributed by atoms with Gasteiger partial charge in [0, 0.05) is 12.6 Å². The van der Waals surface area contributed by atoms with Crippen LogP contribution in [0.5, 0.6) is 0 Å². The molecule has 0 radical (unpaired) electrons. The number of anilines is 1. The van der Waals surface area contributed by atoms with Gasteiger partial charge in [-0.2, -0.15) is 4.31 Å². The molecule has 1 aliphatic rings. The average molecular weight is 465 g/mol. The lowest BCUT2D eigenvalue weighted by Crippen LogP contribution is -2.30. The zero-order chi connectivity index (χ0) is 22.2. The van der Waals surface area contributed by atoms with Gasteiger partial charge in [0.2, 0.25) is 15.0 Å². The fourth-order valence-electron chi connectivity index (χ4n) is 3.35. The lowest BCUT2D eigenvalue weighted by atomic mass is 10.2. The molecule has 1 atom stereocenters. The number of aryl methyl sites for hydroxylation is 1. The Labute approximate surface area is 181 Å². The van der Waals surface area contributed by atoms with E-state index in [1.807, 2.05) is 6.92 Å². The highest BCUT2D eigenvalue weighted by atomic mass is 32.2. The monoisotopic (exact) mass is 464 g/mol. The highest BCUT2D eigenvalue weighted by molar-refractivity contribution is 7.89. The number of rotatable bonds is 5. The van der Waals surface area contributed by atoms with Crippen LogP contribution in [0.25, 0.3) is 0 Å². The summed E-state index contributed by atoms with van der Waals surface area (Å²) in [6.07, 6.45) is 1.20. The summed E-state index contributed by atoms with van der Waals surface area (Å²) < 4.78 is 54.4. The van der Waals surface area contributed by atoms with Crippen molar-refractivity contribution in [1.29, 1.82) is 0 Å². The van der Waals surface area contributed by atoms with Crippen molar-refractivity contribution in [1.82, 2.24) is 14.5 Å². The highest BCUT2D eigenvalue weighted by Gasteiger charge is 2.38. The molecule has 0 unspecified atom stereocenters.